The zero-order chi connectivity index (χ0) is 24.2. The predicted octanol–water partition coefficient (Wildman–Crippen LogP) is 2.67. The number of fused-ring (bicyclic) bond motifs is 4. The summed E-state index contributed by atoms with van der Waals surface area (Å²) in [5.74, 6) is 0.617. The average molecular weight is 503 g/mol. The number of hydrogen-bond donors (Lipinski definition) is 1. The molecule has 186 valence electrons. The first-order valence-corrected chi connectivity index (χ1v) is 13.8. The fourth-order valence-corrected chi connectivity index (χ4v) is 6.84. The van der Waals surface area contributed by atoms with Gasteiger partial charge in [-0.15, -0.1) is 0 Å². The summed E-state index contributed by atoms with van der Waals surface area (Å²) in [7, 11) is -3.40. The van der Waals surface area contributed by atoms with Gasteiger partial charge in [0.1, 0.15) is 12.4 Å². The van der Waals surface area contributed by atoms with Crippen LogP contribution >= 0.6 is 0 Å². The van der Waals surface area contributed by atoms with Crippen molar-refractivity contribution >= 4 is 26.6 Å². The van der Waals surface area contributed by atoms with E-state index < -0.39 is 26.8 Å². The molecule has 9 nitrogen and oxygen atoms in total. The number of halogens is 1. The second-order valence-electron chi connectivity index (χ2n) is 9.37. The SMILES string of the molecule is CS(=O)(=O)C1CCOCCC1c1nc(-c2cc(F)cc3[nH]ccc23)nc2c1OCC1COCCN21. The number of anilines is 1. The molecule has 2 aromatic heterocycles. The molecule has 1 aromatic carbocycles. The van der Waals surface area contributed by atoms with E-state index in [-0.39, 0.29) is 6.04 Å². The molecule has 0 amide bonds. The topological polar surface area (TPSA) is 107 Å². The van der Waals surface area contributed by atoms with Gasteiger partial charge in [0.05, 0.1) is 30.2 Å². The van der Waals surface area contributed by atoms with Crippen molar-refractivity contribution in [2.75, 3.05) is 50.7 Å². The van der Waals surface area contributed by atoms with Gasteiger partial charge in [-0.05, 0) is 31.0 Å². The van der Waals surface area contributed by atoms with Gasteiger partial charge in [0, 0.05) is 54.6 Å². The van der Waals surface area contributed by atoms with Crippen LogP contribution < -0.4 is 9.64 Å². The van der Waals surface area contributed by atoms with E-state index in [1.165, 1.54) is 18.4 Å². The number of aromatic amines is 1. The van der Waals surface area contributed by atoms with Crippen molar-refractivity contribution in [3.05, 3.63) is 35.9 Å². The summed E-state index contributed by atoms with van der Waals surface area (Å²) in [6.45, 7) is 2.89. The first kappa shape index (κ1) is 22.7. The summed E-state index contributed by atoms with van der Waals surface area (Å²) < 4.78 is 57.7. The van der Waals surface area contributed by atoms with Crippen molar-refractivity contribution in [1.29, 1.82) is 0 Å². The van der Waals surface area contributed by atoms with Gasteiger partial charge in [0.15, 0.2) is 27.2 Å². The molecule has 3 aromatic rings. The summed E-state index contributed by atoms with van der Waals surface area (Å²) in [6, 6.07) is 4.71. The van der Waals surface area contributed by atoms with Crippen LogP contribution in [0, 0.1) is 5.82 Å². The van der Waals surface area contributed by atoms with E-state index in [1.54, 1.807) is 6.20 Å². The van der Waals surface area contributed by atoms with E-state index in [9.17, 15) is 12.8 Å². The van der Waals surface area contributed by atoms with Gasteiger partial charge in [-0.25, -0.2) is 22.8 Å². The Hall–Kier alpha value is -2.76. The average Bonchev–Trinajstić information content (AvgIpc) is 3.16. The normalized spacial score (nSPS) is 25.0. The van der Waals surface area contributed by atoms with Crippen molar-refractivity contribution in [2.24, 2.45) is 0 Å². The van der Waals surface area contributed by atoms with E-state index in [1.807, 2.05) is 6.07 Å². The molecule has 3 unspecified atom stereocenters. The number of hydrogen-bond acceptors (Lipinski definition) is 8. The summed E-state index contributed by atoms with van der Waals surface area (Å²) in [6.07, 6.45) is 3.87. The minimum atomic E-state index is -3.40. The van der Waals surface area contributed by atoms with Gasteiger partial charge in [-0.1, -0.05) is 0 Å². The van der Waals surface area contributed by atoms with Crippen LogP contribution in [-0.4, -0.2) is 80.5 Å². The molecule has 3 aliphatic rings. The Morgan fingerprint density at radius 1 is 1.11 bits per heavy atom. The molecular formula is C24H27FN4O5S. The van der Waals surface area contributed by atoms with Crippen LogP contribution in [0.2, 0.25) is 0 Å². The van der Waals surface area contributed by atoms with Crippen molar-refractivity contribution < 1.29 is 27.0 Å². The summed E-state index contributed by atoms with van der Waals surface area (Å²) in [5.41, 5.74) is 1.73. The van der Waals surface area contributed by atoms with Gasteiger partial charge < -0.3 is 24.1 Å². The minimum Gasteiger partial charge on any atom is -0.486 e. The first-order valence-electron chi connectivity index (χ1n) is 11.8. The highest BCUT2D eigenvalue weighted by atomic mass is 32.2. The highest BCUT2D eigenvalue weighted by molar-refractivity contribution is 7.91. The number of H-pyrrole nitrogens is 1. The highest BCUT2D eigenvalue weighted by Gasteiger charge is 2.40. The number of benzene rings is 1. The monoisotopic (exact) mass is 502 g/mol. The Labute approximate surface area is 202 Å². The fourth-order valence-electron chi connectivity index (χ4n) is 5.45. The second-order valence-corrected chi connectivity index (χ2v) is 11.6. The van der Waals surface area contributed by atoms with Crippen molar-refractivity contribution in [3.63, 3.8) is 0 Å². The van der Waals surface area contributed by atoms with Crippen molar-refractivity contribution in [1.82, 2.24) is 15.0 Å². The number of nitrogens with one attached hydrogen (secondary N) is 1. The van der Waals surface area contributed by atoms with E-state index in [0.29, 0.717) is 86.6 Å². The molecule has 0 bridgehead atoms. The number of nitrogens with zero attached hydrogens (tertiary/aromatic N) is 3. The van der Waals surface area contributed by atoms with Gasteiger partial charge >= 0.3 is 0 Å². The molecule has 11 heteroatoms. The first-order chi connectivity index (χ1) is 16.9. The smallest absolute Gasteiger partial charge is 0.183 e. The van der Waals surface area contributed by atoms with Gasteiger partial charge in [0.2, 0.25) is 0 Å². The van der Waals surface area contributed by atoms with Crippen molar-refractivity contribution in [3.8, 4) is 17.1 Å². The van der Waals surface area contributed by atoms with E-state index in [4.69, 9.17) is 24.2 Å². The quantitative estimate of drug-likeness (QED) is 0.583. The predicted molar refractivity (Wildman–Crippen MR) is 128 cm³/mol. The van der Waals surface area contributed by atoms with Crippen LogP contribution in [0.15, 0.2) is 24.4 Å². The molecular weight excluding hydrogens is 475 g/mol. The third kappa shape index (κ3) is 4.05. The van der Waals surface area contributed by atoms with E-state index >= 15 is 0 Å². The van der Waals surface area contributed by atoms with Crippen LogP contribution in [0.1, 0.15) is 24.5 Å². The maximum atomic E-state index is 14.6. The standard InChI is InChI=1S/C24H27FN4O5S/c1-35(30,31)20-4-8-32-7-3-17(20)21-22-24(29-6-9-33-12-15(29)13-34-22)28-23(27-21)18-10-14(25)11-19-16(18)2-5-26-19/h2,5,10-11,15,17,20,26H,3-4,6-9,12-13H2,1H3. The molecule has 0 aliphatic carbocycles. The molecule has 3 atom stereocenters. The lowest BCUT2D eigenvalue weighted by atomic mass is 9.94. The lowest BCUT2D eigenvalue weighted by Crippen LogP contribution is -2.51. The number of sulfone groups is 1. The Morgan fingerprint density at radius 2 is 1.97 bits per heavy atom. The Balaban J connectivity index is 1.59. The molecule has 1 N–H and O–H groups in total. The molecule has 0 radical (unpaired) electrons. The third-order valence-corrected chi connectivity index (χ3v) is 8.80. The summed E-state index contributed by atoms with van der Waals surface area (Å²) >= 11 is 0. The molecule has 3 aliphatic heterocycles. The second kappa shape index (κ2) is 8.72. The Bertz CT molecular complexity index is 1380. The van der Waals surface area contributed by atoms with Gasteiger partial charge in [0.25, 0.3) is 0 Å². The third-order valence-electron chi connectivity index (χ3n) is 7.14. The maximum absolute atomic E-state index is 14.6. The van der Waals surface area contributed by atoms with Gasteiger partial charge in [-0.2, -0.15) is 0 Å². The van der Waals surface area contributed by atoms with Gasteiger partial charge in [-0.3, -0.25) is 0 Å². The number of rotatable bonds is 3. The molecule has 35 heavy (non-hydrogen) atoms. The Morgan fingerprint density at radius 3 is 2.83 bits per heavy atom. The molecule has 0 spiro atoms. The Kier molecular flexibility index (Phi) is 5.65. The molecule has 5 heterocycles. The van der Waals surface area contributed by atoms with Crippen LogP contribution in [-0.2, 0) is 19.3 Å². The zero-order valence-electron chi connectivity index (χ0n) is 19.4. The maximum Gasteiger partial charge on any atom is 0.183 e. The highest BCUT2D eigenvalue weighted by Crippen LogP contribution is 2.44. The van der Waals surface area contributed by atoms with Crippen LogP contribution in [0.3, 0.4) is 0 Å². The number of ether oxygens (including phenoxy) is 3. The van der Waals surface area contributed by atoms with Crippen molar-refractivity contribution in [2.45, 2.75) is 30.1 Å². The minimum absolute atomic E-state index is 0.00481. The van der Waals surface area contributed by atoms with Crippen LogP contribution in [0.4, 0.5) is 10.2 Å². The summed E-state index contributed by atoms with van der Waals surface area (Å²) in [5, 5.41) is 0.124. The largest absolute Gasteiger partial charge is 0.486 e. The molecule has 0 saturated carbocycles. The fraction of sp³-hybridized carbons (Fsp3) is 0.500. The number of morpholine rings is 1. The number of aromatic nitrogens is 3. The van der Waals surface area contributed by atoms with E-state index in [0.717, 1.165) is 5.39 Å². The molecule has 6 rings (SSSR count). The van der Waals surface area contributed by atoms with E-state index in [2.05, 4.69) is 9.88 Å². The summed E-state index contributed by atoms with van der Waals surface area (Å²) in [4.78, 5) is 15.0. The molecule has 2 fully saturated rings. The van der Waals surface area contributed by atoms with Crippen LogP contribution in [0.25, 0.3) is 22.3 Å². The lowest BCUT2D eigenvalue weighted by molar-refractivity contribution is 0.0691. The molecule has 2 saturated heterocycles. The lowest BCUT2D eigenvalue weighted by Gasteiger charge is -2.41. The van der Waals surface area contributed by atoms with Crippen LogP contribution in [0.5, 0.6) is 5.75 Å². The zero-order valence-corrected chi connectivity index (χ0v) is 20.2.